The summed E-state index contributed by atoms with van der Waals surface area (Å²) in [5.41, 5.74) is 0. The van der Waals surface area contributed by atoms with Crippen LogP contribution in [0.25, 0.3) is 0 Å². The molecule has 1 saturated heterocycles. The van der Waals surface area contributed by atoms with Crippen LogP contribution in [0.5, 0.6) is 5.75 Å². The Morgan fingerprint density at radius 2 is 2.38 bits per heavy atom. The van der Waals surface area contributed by atoms with E-state index in [2.05, 4.69) is 15.9 Å². The van der Waals surface area contributed by atoms with E-state index in [0.29, 0.717) is 11.1 Å². The predicted molar refractivity (Wildman–Crippen MR) is 49.3 cm³/mol. The molecule has 1 aromatic carbocycles. The Hall–Kier alpha value is -0.610. The number of halogens is 2. The SMILES string of the molecule is Fc1c(Br)cccc1OCC1CO1. The van der Waals surface area contributed by atoms with Gasteiger partial charge >= 0.3 is 0 Å². The molecule has 0 bridgehead atoms. The lowest BCUT2D eigenvalue weighted by Gasteiger charge is -2.05. The topological polar surface area (TPSA) is 21.8 Å². The number of epoxide rings is 1. The fourth-order valence-corrected chi connectivity index (χ4v) is 1.29. The molecule has 1 atom stereocenters. The third-order valence-corrected chi connectivity index (χ3v) is 2.36. The molecule has 0 N–H and O–H groups in total. The number of hydrogen-bond acceptors (Lipinski definition) is 2. The van der Waals surface area contributed by atoms with E-state index in [1.165, 1.54) is 0 Å². The molecule has 0 saturated carbocycles. The summed E-state index contributed by atoms with van der Waals surface area (Å²) in [6.07, 6.45) is 0.151. The first-order chi connectivity index (χ1) is 6.27. The Labute approximate surface area is 83.8 Å². The van der Waals surface area contributed by atoms with Gasteiger partial charge in [-0.25, -0.2) is 4.39 Å². The molecule has 1 heterocycles. The number of rotatable bonds is 3. The lowest BCUT2D eigenvalue weighted by atomic mass is 10.3. The van der Waals surface area contributed by atoms with Crippen molar-refractivity contribution in [2.24, 2.45) is 0 Å². The molecule has 1 aliphatic heterocycles. The molecule has 4 heteroatoms. The Balaban J connectivity index is 2.05. The van der Waals surface area contributed by atoms with Gasteiger partial charge < -0.3 is 9.47 Å². The largest absolute Gasteiger partial charge is 0.488 e. The van der Waals surface area contributed by atoms with Crippen molar-refractivity contribution >= 4 is 15.9 Å². The Kier molecular flexibility index (Phi) is 2.51. The molecule has 1 unspecified atom stereocenters. The van der Waals surface area contributed by atoms with Crippen molar-refractivity contribution in [3.8, 4) is 5.75 Å². The molecule has 1 fully saturated rings. The van der Waals surface area contributed by atoms with E-state index in [0.717, 1.165) is 6.61 Å². The fourth-order valence-electron chi connectivity index (χ4n) is 0.942. The Morgan fingerprint density at radius 1 is 1.62 bits per heavy atom. The van der Waals surface area contributed by atoms with Crippen molar-refractivity contribution in [2.75, 3.05) is 13.2 Å². The van der Waals surface area contributed by atoms with Crippen LogP contribution in [-0.2, 0) is 4.74 Å². The number of hydrogen-bond donors (Lipinski definition) is 0. The monoisotopic (exact) mass is 246 g/mol. The zero-order valence-electron chi connectivity index (χ0n) is 6.80. The summed E-state index contributed by atoms with van der Waals surface area (Å²) in [6.45, 7) is 1.14. The maximum absolute atomic E-state index is 13.3. The zero-order valence-corrected chi connectivity index (χ0v) is 8.38. The van der Waals surface area contributed by atoms with Gasteiger partial charge in [0.25, 0.3) is 0 Å². The van der Waals surface area contributed by atoms with E-state index in [4.69, 9.17) is 9.47 Å². The standard InChI is InChI=1S/C9H8BrFO2/c10-7-2-1-3-8(9(7)11)13-5-6-4-12-6/h1-3,6H,4-5H2. The van der Waals surface area contributed by atoms with Gasteiger partial charge in [0.15, 0.2) is 11.6 Å². The summed E-state index contributed by atoms with van der Waals surface area (Å²) in [5.74, 6) is -0.0898. The summed E-state index contributed by atoms with van der Waals surface area (Å²) in [5, 5.41) is 0. The van der Waals surface area contributed by atoms with E-state index in [-0.39, 0.29) is 17.7 Å². The fraction of sp³-hybridized carbons (Fsp3) is 0.333. The van der Waals surface area contributed by atoms with E-state index < -0.39 is 0 Å². The van der Waals surface area contributed by atoms with Crippen LogP contribution in [0.1, 0.15) is 0 Å². The maximum Gasteiger partial charge on any atom is 0.179 e. The molecular weight excluding hydrogens is 239 g/mol. The normalized spacial score (nSPS) is 20.0. The zero-order chi connectivity index (χ0) is 9.26. The maximum atomic E-state index is 13.3. The van der Waals surface area contributed by atoms with E-state index >= 15 is 0 Å². The quantitative estimate of drug-likeness (QED) is 0.765. The van der Waals surface area contributed by atoms with Crippen molar-refractivity contribution < 1.29 is 13.9 Å². The lowest BCUT2D eigenvalue weighted by Crippen LogP contribution is -2.05. The van der Waals surface area contributed by atoms with Crippen molar-refractivity contribution in [1.29, 1.82) is 0 Å². The summed E-state index contributed by atoms with van der Waals surface area (Å²) >= 11 is 3.08. The highest BCUT2D eigenvalue weighted by molar-refractivity contribution is 9.10. The van der Waals surface area contributed by atoms with Crippen LogP contribution in [0.4, 0.5) is 4.39 Å². The van der Waals surface area contributed by atoms with Gasteiger partial charge in [-0.1, -0.05) is 6.07 Å². The molecule has 0 aromatic heterocycles. The molecule has 13 heavy (non-hydrogen) atoms. The minimum Gasteiger partial charge on any atom is -0.488 e. The summed E-state index contributed by atoms with van der Waals surface area (Å²) in [7, 11) is 0. The van der Waals surface area contributed by atoms with E-state index in [9.17, 15) is 4.39 Å². The smallest absolute Gasteiger partial charge is 0.179 e. The molecule has 1 aliphatic rings. The second kappa shape index (κ2) is 3.64. The summed E-state index contributed by atoms with van der Waals surface area (Å²) in [6, 6.07) is 4.97. The van der Waals surface area contributed by atoms with Crippen LogP contribution in [0.3, 0.4) is 0 Å². The average molecular weight is 247 g/mol. The third kappa shape index (κ3) is 2.19. The summed E-state index contributed by atoms with van der Waals surface area (Å²) < 4.78 is 23.8. The van der Waals surface area contributed by atoms with Crippen molar-refractivity contribution in [2.45, 2.75) is 6.10 Å². The van der Waals surface area contributed by atoms with E-state index in [1.807, 2.05) is 0 Å². The summed E-state index contributed by atoms with van der Waals surface area (Å²) in [4.78, 5) is 0. The second-order valence-electron chi connectivity index (χ2n) is 2.82. The first-order valence-corrected chi connectivity index (χ1v) is 4.75. The minimum absolute atomic E-state index is 0.151. The first kappa shape index (κ1) is 8.97. The van der Waals surface area contributed by atoms with Gasteiger partial charge in [0, 0.05) is 0 Å². The molecule has 2 nitrogen and oxygen atoms in total. The molecule has 0 aliphatic carbocycles. The van der Waals surface area contributed by atoms with E-state index in [1.54, 1.807) is 18.2 Å². The highest BCUT2D eigenvalue weighted by Gasteiger charge is 2.23. The molecule has 1 aromatic rings. The van der Waals surface area contributed by atoms with Gasteiger partial charge in [0.1, 0.15) is 12.7 Å². The van der Waals surface area contributed by atoms with Crippen LogP contribution in [-0.4, -0.2) is 19.3 Å². The molecular formula is C9H8BrFO2. The third-order valence-electron chi connectivity index (χ3n) is 1.74. The highest BCUT2D eigenvalue weighted by Crippen LogP contribution is 2.25. The second-order valence-corrected chi connectivity index (χ2v) is 3.67. The number of benzene rings is 1. The number of ether oxygens (including phenoxy) is 2. The van der Waals surface area contributed by atoms with Crippen LogP contribution >= 0.6 is 15.9 Å². The Bertz CT molecular complexity index is 312. The van der Waals surface area contributed by atoms with Crippen molar-refractivity contribution in [3.63, 3.8) is 0 Å². The average Bonchev–Trinajstić information content (AvgIpc) is 2.91. The van der Waals surface area contributed by atoms with Crippen LogP contribution in [0.15, 0.2) is 22.7 Å². The lowest BCUT2D eigenvalue weighted by molar-refractivity contribution is 0.253. The van der Waals surface area contributed by atoms with Gasteiger partial charge in [0.05, 0.1) is 11.1 Å². The molecule has 0 spiro atoms. The van der Waals surface area contributed by atoms with Gasteiger partial charge in [-0.2, -0.15) is 0 Å². The first-order valence-electron chi connectivity index (χ1n) is 3.96. The molecule has 0 amide bonds. The van der Waals surface area contributed by atoms with Crippen LogP contribution in [0.2, 0.25) is 0 Å². The van der Waals surface area contributed by atoms with Crippen molar-refractivity contribution in [3.05, 3.63) is 28.5 Å². The minimum atomic E-state index is -0.358. The highest BCUT2D eigenvalue weighted by atomic mass is 79.9. The van der Waals surface area contributed by atoms with Gasteiger partial charge in [-0.05, 0) is 28.1 Å². The van der Waals surface area contributed by atoms with Crippen LogP contribution < -0.4 is 4.74 Å². The molecule has 70 valence electrons. The Morgan fingerprint density at radius 3 is 3.08 bits per heavy atom. The van der Waals surface area contributed by atoms with Crippen molar-refractivity contribution in [1.82, 2.24) is 0 Å². The van der Waals surface area contributed by atoms with Crippen LogP contribution in [0, 0.1) is 5.82 Å². The van der Waals surface area contributed by atoms with Gasteiger partial charge in [0.2, 0.25) is 0 Å². The van der Waals surface area contributed by atoms with Gasteiger partial charge in [-0.3, -0.25) is 0 Å². The molecule has 2 rings (SSSR count). The predicted octanol–water partition coefficient (Wildman–Crippen LogP) is 2.37. The van der Waals surface area contributed by atoms with Gasteiger partial charge in [-0.15, -0.1) is 0 Å². The molecule has 0 radical (unpaired) electrons.